The zero-order valence-electron chi connectivity index (χ0n) is 8.05. The SMILES string of the molecule is CNCCOC(C)C(F)CNC=O. The molecule has 0 bridgehead atoms. The fourth-order valence-corrected chi connectivity index (χ4v) is 0.778. The monoisotopic (exact) mass is 192 g/mol. The lowest BCUT2D eigenvalue weighted by Crippen LogP contribution is -2.33. The predicted molar refractivity (Wildman–Crippen MR) is 48.3 cm³/mol. The minimum atomic E-state index is -1.15. The number of ether oxygens (including phenoxy) is 1. The lowest BCUT2D eigenvalue weighted by atomic mass is 10.2. The lowest BCUT2D eigenvalue weighted by molar-refractivity contribution is -0.110. The van der Waals surface area contributed by atoms with Crippen LogP contribution in [0.15, 0.2) is 0 Å². The second-order valence-electron chi connectivity index (χ2n) is 2.72. The molecule has 0 aliphatic carbocycles. The van der Waals surface area contributed by atoms with E-state index in [1.807, 2.05) is 0 Å². The van der Waals surface area contributed by atoms with Gasteiger partial charge in [-0.15, -0.1) is 0 Å². The highest BCUT2D eigenvalue weighted by molar-refractivity contribution is 5.45. The minimum Gasteiger partial charge on any atom is -0.374 e. The Morgan fingerprint density at radius 2 is 2.31 bits per heavy atom. The van der Waals surface area contributed by atoms with Gasteiger partial charge in [0.1, 0.15) is 6.17 Å². The summed E-state index contributed by atoms with van der Waals surface area (Å²) in [5, 5.41) is 5.15. The lowest BCUT2D eigenvalue weighted by Gasteiger charge is -2.16. The maximum Gasteiger partial charge on any atom is 0.207 e. The maximum atomic E-state index is 13.0. The number of hydrogen-bond donors (Lipinski definition) is 2. The first-order chi connectivity index (χ1) is 6.22. The Morgan fingerprint density at radius 3 is 2.85 bits per heavy atom. The van der Waals surface area contributed by atoms with Crippen LogP contribution in [0.25, 0.3) is 0 Å². The number of nitrogens with one attached hydrogen (secondary N) is 2. The van der Waals surface area contributed by atoms with Gasteiger partial charge in [-0.25, -0.2) is 4.39 Å². The number of carbonyl (C=O) groups excluding carboxylic acids is 1. The van der Waals surface area contributed by atoms with Crippen molar-refractivity contribution in [3.05, 3.63) is 0 Å². The first-order valence-electron chi connectivity index (χ1n) is 4.29. The number of carbonyl (C=O) groups is 1. The van der Waals surface area contributed by atoms with Gasteiger partial charge in [-0.05, 0) is 14.0 Å². The zero-order valence-corrected chi connectivity index (χ0v) is 8.05. The highest BCUT2D eigenvalue weighted by atomic mass is 19.1. The van der Waals surface area contributed by atoms with Gasteiger partial charge in [0.05, 0.1) is 19.3 Å². The van der Waals surface area contributed by atoms with Crippen LogP contribution in [-0.4, -0.2) is 45.4 Å². The van der Waals surface area contributed by atoms with E-state index in [9.17, 15) is 9.18 Å². The molecule has 0 aliphatic rings. The van der Waals surface area contributed by atoms with Crippen LogP contribution in [-0.2, 0) is 9.53 Å². The highest BCUT2D eigenvalue weighted by Gasteiger charge is 2.15. The Hall–Kier alpha value is -0.680. The summed E-state index contributed by atoms with van der Waals surface area (Å²) >= 11 is 0. The molecular weight excluding hydrogens is 175 g/mol. The summed E-state index contributed by atoms with van der Waals surface area (Å²) in [6.45, 7) is 2.81. The fraction of sp³-hybridized carbons (Fsp3) is 0.875. The summed E-state index contributed by atoms with van der Waals surface area (Å²) < 4.78 is 18.2. The normalized spacial score (nSPS) is 15.0. The molecule has 4 nitrogen and oxygen atoms in total. The van der Waals surface area contributed by atoms with Gasteiger partial charge in [-0.1, -0.05) is 0 Å². The van der Waals surface area contributed by atoms with Crippen LogP contribution in [0.4, 0.5) is 4.39 Å². The second kappa shape index (κ2) is 7.94. The van der Waals surface area contributed by atoms with Gasteiger partial charge in [-0.2, -0.15) is 0 Å². The topological polar surface area (TPSA) is 50.4 Å². The first-order valence-corrected chi connectivity index (χ1v) is 4.29. The van der Waals surface area contributed by atoms with Gasteiger partial charge >= 0.3 is 0 Å². The predicted octanol–water partition coefficient (Wildman–Crippen LogP) is -0.305. The summed E-state index contributed by atoms with van der Waals surface area (Å²) in [4.78, 5) is 9.86. The van der Waals surface area contributed by atoms with Gasteiger partial charge in [0.25, 0.3) is 0 Å². The van der Waals surface area contributed by atoms with Gasteiger partial charge < -0.3 is 15.4 Å². The van der Waals surface area contributed by atoms with Crippen LogP contribution in [0, 0.1) is 0 Å². The highest BCUT2D eigenvalue weighted by Crippen LogP contribution is 2.01. The van der Waals surface area contributed by atoms with Crippen molar-refractivity contribution < 1.29 is 13.9 Å². The number of halogens is 1. The number of alkyl halides is 1. The Bertz CT molecular complexity index is 135. The Labute approximate surface area is 77.8 Å². The van der Waals surface area contributed by atoms with E-state index in [-0.39, 0.29) is 6.54 Å². The summed E-state index contributed by atoms with van der Waals surface area (Å²) in [5.74, 6) is 0. The van der Waals surface area contributed by atoms with Crippen LogP contribution in [0.1, 0.15) is 6.92 Å². The van der Waals surface area contributed by atoms with Gasteiger partial charge in [-0.3, -0.25) is 4.79 Å². The van der Waals surface area contributed by atoms with E-state index in [1.165, 1.54) is 0 Å². The number of hydrogen-bond acceptors (Lipinski definition) is 3. The molecular formula is C8H17FN2O2. The third kappa shape index (κ3) is 6.48. The molecule has 13 heavy (non-hydrogen) atoms. The minimum absolute atomic E-state index is 0.00419. The van der Waals surface area contributed by atoms with Crippen molar-refractivity contribution in [2.75, 3.05) is 26.7 Å². The van der Waals surface area contributed by atoms with E-state index in [0.29, 0.717) is 19.6 Å². The third-order valence-electron chi connectivity index (χ3n) is 1.64. The molecule has 0 aromatic heterocycles. The van der Waals surface area contributed by atoms with Crippen LogP contribution in [0.3, 0.4) is 0 Å². The van der Waals surface area contributed by atoms with Crippen LogP contribution in [0.2, 0.25) is 0 Å². The molecule has 78 valence electrons. The van der Waals surface area contributed by atoms with E-state index < -0.39 is 12.3 Å². The fourth-order valence-electron chi connectivity index (χ4n) is 0.778. The van der Waals surface area contributed by atoms with Crippen molar-refractivity contribution in [1.29, 1.82) is 0 Å². The van der Waals surface area contributed by atoms with Crippen molar-refractivity contribution >= 4 is 6.41 Å². The molecule has 0 aromatic carbocycles. The second-order valence-corrected chi connectivity index (χ2v) is 2.72. The molecule has 0 fully saturated rings. The Kier molecular flexibility index (Phi) is 7.53. The molecule has 0 aromatic rings. The van der Waals surface area contributed by atoms with Gasteiger partial charge in [0.2, 0.25) is 6.41 Å². The summed E-state index contributed by atoms with van der Waals surface area (Å²) in [6, 6.07) is 0. The molecule has 1 amide bonds. The molecule has 5 heteroatoms. The largest absolute Gasteiger partial charge is 0.374 e. The number of rotatable bonds is 8. The molecule has 0 saturated heterocycles. The summed E-state index contributed by atoms with van der Waals surface area (Å²) in [6.07, 6.45) is -1.16. The number of amides is 1. The first kappa shape index (κ1) is 12.3. The zero-order chi connectivity index (χ0) is 10.1. The Balaban J connectivity index is 3.43. The van der Waals surface area contributed by atoms with E-state index in [2.05, 4.69) is 10.6 Å². The number of likely N-dealkylation sites (N-methyl/N-ethyl adjacent to an activating group) is 1. The van der Waals surface area contributed by atoms with E-state index in [4.69, 9.17) is 4.74 Å². The van der Waals surface area contributed by atoms with Crippen molar-refractivity contribution in [2.45, 2.75) is 19.2 Å². The van der Waals surface area contributed by atoms with Crippen molar-refractivity contribution in [1.82, 2.24) is 10.6 Å². The smallest absolute Gasteiger partial charge is 0.207 e. The Morgan fingerprint density at radius 1 is 1.62 bits per heavy atom. The van der Waals surface area contributed by atoms with Crippen molar-refractivity contribution in [2.24, 2.45) is 0 Å². The van der Waals surface area contributed by atoms with Crippen LogP contribution >= 0.6 is 0 Å². The molecule has 0 saturated carbocycles. The summed E-state index contributed by atoms with van der Waals surface area (Å²) in [7, 11) is 1.80. The molecule has 2 atom stereocenters. The van der Waals surface area contributed by atoms with Crippen LogP contribution in [0.5, 0.6) is 0 Å². The molecule has 2 N–H and O–H groups in total. The quantitative estimate of drug-likeness (QED) is 0.410. The third-order valence-corrected chi connectivity index (χ3v) is 1.64. The summed E-state index contributed by atoms with van der Waals surface area (Å²) in [5.41, 5.74) is 0. The van der Waals surface area contributed by atoms with Gasteiger partial charge in [0.15, 0.2) is 0 Å². The molecule has 0 heterocycles. The molecule has 0 radical (unpaired) electrons. The standard InChI is InChI=1S/C8H17FN2O2/c1-7(13-4-3-10-2)8(9)5-11-6-12/h6-8,10H,3-5H2,1-2H3,(H,11,12). The van der Waals surface area contributed by atoms with E-state index in [1.54, 1.807) is 14.0 Å². The average Bonchev–Trinajstić information content (AvgIpc) is 2.14. The van der Waals surface area contributed by atoms with E-state index in [0.717, 1.165) is 0 Å². The van der Waals surface area contributed by atoms with Gasteiger partial charge in [0, 0.05) is 6.54 Å². The molecule has 2 unspecified atom stereocenters. The van der Waals surface area contributed by atoms with Crippen LogP contribution < -0.4 is 10.6 Å². The van der Waals surface area contributed by atoms with Crippen molar-refractivity contribution in [3.63, 3.8) is 0 Å². The average molecular weight is 192 g/mol. The maximum absolute atomic E-state index is 13.0. The molecule has 0 spiro atoms. The molecule has 0 aliphatic heterocycles. The molecule has 0 rings (SSSR count). The van der Waals surface area contributed by atoms with E-state index >= 15 is 0 Å². The van der Waals surface area contributed by atoms with Crippen molar-refractivity contribution in [3.8, 4) is 0 Å².